The summed E-state index contributed by atoms with van der Waals surface area (Å²) in [4.78, 5) is 51.5. The van der Waals surface area contributed by atoms with E-state index in [2.05, 4.69) is 20.4 Å². The maximum Gasteiger partial charge on any atom is 0.416 e. The first-order valence-corrected chi connectivity index (χ1v) is 16.2. The smallest absolute Gasteiger partial charge is 0.377 e. The number of nitrogens with one attached hydrogen (secondary N) is 1. The molecule has 0 saturated carbocycles. The van der Waals surface area contributed by atoms with E-state index < -0.39 is 41.5 Å². The summed E-state index contributed by atoms with van der Waals surface area (Å²) in [6.45, 7) is 2.64. The lowest BCUT2D eigenvalue weighted by Gasteiger charge is -2.39. The number of carbonyl (C=O) groups is 2. The number of benzene rings is 1. The second-order valence-electron chi connectivity index (χ2n) is 12.0. The SMILES string of the molecule is C[C@H]1OC2(CCN(C(=O)c3ncccc3Cl)CC2)c2c1n(CC(=O)Nc1ccc(C(F)(F)F)cc1Cl)c1nc(C3=CCOCC3)nn1c2=O. The van der Waals surface area contributed by atoms with Crippen LogP contribution in [0.5, 0.6) is 0 Å². The molecule has 256 valence electrons. The molecule has 0 radical (unpaired) electrons. The molecule has 4 aromatic rings. The van der Waals surface area contributed by atoms with Gasteiger partial charge >= 0.3 is 6.18 Å². The maximum absolute atomic E-state index is 14.3. The molecule has 0 aliphatic carbocycles. The Kier molecular flexibility index (Phi) is 8.49. The van der Waals surface area contributed by atoms with Gasteiger partial charge in [-0.2, -0.15) is 22.7 Å². The van der Waals surface area contributed by atoms with Gasteiger partial charge in [0.05, 0.1) is 51.9 Å². The van der Waals surface area contributed by atoms with Crippen molar-refractivity contribution in [1.29, 1.82) is 0 Å². The van der Waals surface area contributed by atoms with E-state index in [0.717, 1.165) is 28.3 Å². The number of hydrogen-bond donors (Lipinski definition) is 1. The van der Waals surface area contributed by atoms with Crippen molar-refractivity contribution in [2.24, 2.45) is 0 Å². The minimum absolute atomic E-state index is 0.0197. The predicted molar refractivity (Wildman–Crippen MR) is 171 cm³/mol. The largest absolute Gasteiger partial charge is 0.416 e. The summed E-state index contributed by atoms with van der Waals surface area (Å²) < 4.78 is 54.2. The summed E-state index contributed by atoms with van der Waals surface area (Å²) in [6.07, 6.45) is -0.928. The number of ether oxygens (including phenoxy) is 2. The standard InChI is InChI=1S/C32H28Cl2F3N7O5/c1-17-26-24(31(49-17)8-11-42(12-9-31)29(47)25-20(33)3-2-10-38-25)28(46)44-30(40-27(41-44)18-6-13-48-14-7-18)43(26)16-23(45)39-22-5-4-19(15-21(22)34)32(35,36)37/h2-6,10,15,17H,7-9,11-14,16H2,1H3,(H,39,45)/t17-/m1/s1. The zero-order valence-corrected chi connectivity index (χ0v) is 27.4. The number of aromatic nitrogens is 5. The van der Waals surface area contributed by atoms with Crippen LogP contribution in [0, 0.1) is 0 Å². The van der Waals surface area contributed by atoms with Gasteiger partial charge in [-0.05, 0) is 62.1 Å². The van der Waals surface area contributed by atoms with Gasteiger partial charge in [-0.15, -0.1) is 5.10 Å². The van der Waals surface area contributed by atoms with E-state index in [1.165, 1.54) is 6.20 Å². The lowest BCUT2D eigenvalue weighted by Crippen LogP contribution is -2.47. The average Bonchev–Trinajstić information content (AvgIpc) is 3.64. The summed E-state index contributed by atoms with van der Waals surface area (Å²) in [6, 6.07) is 5.85. The summed E-state index contributed by atoms with van der Waals surface area (Å²) in [5.41, 5.74) is -0.926. The van der Waals surface area contributed by atoms with Crippen LogP contribution in [0.15, 0.2) is 47.4 Å². The highest BCUT2D eigenvalue weighted by molar-refractivity contribution is 6.34. The van der Waals surface area contributed by atoms with Crippen LogP contribution in [0.4, 0.5) is 18.9 Å². The monoisotopic (exact) mass is 717 g/mol. The first-order valence-electron chi connectivity index (χ1n) is 15.4. The van der Waals surface area contributed by atoms with Crippen LogP contribution < -0.4 is 10.9 Å². The number of rotatable bonds is 5. The molecule has 1 spiro atoms. The molecule has 3 aliphatic rings. The highest BCUT2D eigenvalue weighted by Gasteiger charge is 2.50. The molecule has 12 nitrogen and oxygen atoms in total. The maximum atomic E-state index is 14.3. The Labute approximate surface area is 286 Å². The summed E-state index contributed by atoms with van der Waals surface area (Å²) in [5.74, 6) is -0.585. The lowest BCUT2D eigenvalue weighted by atomic mass is 9.85. The third-order valence-corrected chi connectivity index (χ3v) is 9.59. The quantitative estimate of drug-likeness (QED) is 0.295. The minimum Gasteiger partial charge on any atom is -0.377 e. The van der Waals surface area contributed by atoms with Crippen LogP contribution in [0.2, 0.25) is 10.0 Å². The van der Waals surface area contributed by atoms with Crippen LogP contribution in [-0.4, -0.2) is 67.2 Å². The first-order chi connectivity index (χ1) is 23.4. The fraction of sp³-hybridized carbons (Fsp3) is 0.375. The Morgan fingerprint density at radius 1 is 1.14 bits per heavy atom. The van der Waals surface area contributed by atoms with Crippen LogP contribution in [0.25, 0.3) is 11.4 Å². The predicted octanol–water partition coefficient (Wildman–Crippen LogP) is 5.28. The van der Waals surface area contributed by atoms with E-state index in [9.17, 15) is 27.6 Å². The normalized spacial score (nSPS) is 18.9. The van der Waals surface area contributed by atoms with Crippen LogP contribution in [0.3, 0.4) is 0 Å². The van der Waals surface area contributed by atoms with Crippen molar-refractivity contribution in [2.75, 3.05) is 31.6 Å². The Hall–Kier alpha value is -4.31. The van der Waals surface area contributed by atoms with Crippen molar-refractivity contribution in [2.45, 2.75) is 50.6 Å². The fourth-order valence-corrected chi connectivity index (χ4v) is 7.09. The van der Waals surface area contributed by atoms with Gasteiger partial charge in [0.1, 0.15) is 17.8 Å². The number of fused-ring (bicyclic) bond motifs is 3. The molecule has 1 N–H and O–H groups in total. The number of likely N-dealkylation sites (tertiary alicyclic amines) is 1. The zero-order valence-electron chi connectivity index (χ0n) is 25.9. The Balaban J connectivity index is 1.26. The van der Waals surface area contributed by atoms with Crippen molar-refractivity contribution >= 4 is 52.1 Å². The summed E-state index contributed by atoms with van der Waals surface area (Å²) >= 11 is 12.4. The van der Waals surface area contributed by atoms with E-state index in [0.29, 0.717) is 36.7 Å². The number of nitrogens with zero attached hydrogens (tertiary/aromatic N) is 6. The molecule has 6 heterocycles. The minimum atomic E-state index is -4.61. The Bertz CT molecular complexity index is 2090. The van der Waals surface area contributed by atoms with E-state index in [4.69, 9.17) is 32.7 Å². The number of halogens is 5. The molecule has 3 aromatic heterocycles. The van der Waals surface area contributed by atoms with E-state index >= 15 is 0 Å². The number of piperidine rings is 1. The molecule has 1 atom stereocenters. The first kappa shape index (κ1) is 33.2. The molecule has 1 saturated heterocycles. The number of pyridine rings is 1. The van der Waals surface area contributed by atoms with Crippen LogP contribution >= 0.6 is 23.2 Å². The number of carbonyl (C=O) groups excluding carboxylic acids is 2. The molecule has 49 heavy (non-hydrogen) atoms. The van der Waals surface area contributed by atoms with Crippen molar-refractivity contribution in [3.8, 4) is 0 Å². The average molecular weight is 719 g/mol. The molecular formula is C32H28Cl2F3N7O5. The van der Waals surface area contributed by atoms with Gasteiger partial charge in [0.2, 0.25) is 11.7 Å². The van der Waals surface area contributed by atoms with Crippen LogP contribution in [0.1, 0.15) is 65.4 Å². The Morgan fingerprint density at radius 3 is 2.59 bits per heavy atom. The van der Waals surface area contributed by atoms with Crippen LogP contribution in [-0.2, 0) is 32.6 Å². The highest BCUT2D eigenvalue weighted by atomic mass is 35.5. The van der Waals surface area contributed by atoms with E-state index in [-0.39, 0.29) is 59.0 Å². The van der Waals surface area contributed by atoms with Gasteiger partial charge in [0.15, 0.2) is 5.82 Å². The number of amides is 2. The third-order valence-electron chi connectivity index (χ3n) is 8.97. The van der Waals surface area contributed by atoms with Crippen molar-refractivity contribution < 1.29 is 32.2 Å². The van der Waals surface area contributed by atoms with Gasteiger partial charge < -0.3 is 24.3 Å². The number of alkyl halides is 3. The van der Waals surface area contributed by atoms with Crippen molar-refractivity contribution in [3.63, 3.8) is 0 Å². The van der Waals surface area contributed by atoms with Gasteiger partial charge in [0, 0.05) is 19.3 Å². The molecule has 1 aromatic carbocycles. The molecule has 3 aliphatic heterocycles. The van der Waals surface area contributed by atoms with E-state index in [1.54, 1.807) is 28.5 Å². The molecule has 0 bridgehead atoms. The molecule has 17 heteroatoms. The fourth-order valence-electron chi connectivity index (χ4n) is 6.66. The van der Waals surface area contributed by atoms with Gasteiger partial charge in [-0.1, -0.05) is 29.3 Å². The molecule has 2 amide bonds. The van der Waals surface area contributed by atoms with Crippen molar-refractivity contribution in [3.05, 3.63) is 91.3 Å². The van der Waals surface area contributed by atoms with Crippen molar-refractivity contribution in [1.82, 2.24) is 29.0 Å². The molecular weight excluding hydrogens is 690 g/mol. The van der Waals surface area contributed by atoms with Gasteiger partial charge in [-0.3, -0.25) is 14.4 Å². The molecule has 0 unspecified atom stereocenters. The topological polar surface area (TPSA) is 133 Å². The zero-order chi connectivity index (χ0) is 34.7. The van der Waals surface area contributed by atoms with Gasteiger partial charge in [0.25, 0.3) is 11.5 Å². The second kappa shape index (κ2) is 12.5. The molecule has 1 fully saturated rings. The second-order valence-corrected chi connectivity index (χ2v) is 12.8. The third kappa shape index (κ3) is 5.98. The highest BCUT2D eigenvalue weighted by Crippen LogP contribution is 2.48. The number of hydrogen-bond acceptors (Lipinski definition) is 8. The lowest BCUT2D eigenvalue weighted by molar-refractivity contribution is -0.137. The molecule has 7 rings (SSSR count). The summed E-state index contributed by atoms with van der Waals surface area (Å²) in [5, 5.41) is 7.07. The Morgan fingerprint density at radius 2 is 1.92 bits per heavy atom. The van der Waals surface area contributed by atoms with E-state index in [1.807, 2.05) is 6.08 Å². The van der Waals surface area contributed by atoms with Gasteiger partial charge in [-0.25, -0.2) is 4.98 Å². The summed E-state index contributed by atoms with van der Waals surface area (Å²) in [7, 11) is 0. The number of anilines is 1.